The Balaban J connectivity index is 1.83. The van der Waals surface area contributed by atoms with Crippen LogP contribution in [-0.4, -0.2) is 42.5 Å². The van der Waals surface area contributed by atoms with Gasteiger partial charge in [-0.25, -0.2) is 9.78 Å². The predicted molar refractivity (Wildman–Crippen MR) is 81.9 cm³/mol. The van der Waals surface area contributed by atoms with Gasteiger partial charge in [-0.15, -0.1) is 0 Å². The second kappa shape index (κ2) is 7.56. The molecular formula is C15H16N2O4S. The number of carbonyl (C=O) groups is 2. The van der Waals surface area contributed by atoms with E-state index in [0.29, 0.717) is 12.4 Å². The molecule has 0 saturated heterocycles. The van der Waals surface area contributed by atoms with E-state index in [9.17, 15) is 9.59 Å². The molecular weight excluding hydrogens is 304 g/mol. The van der Waals surface area contributed by atoms with Gasteiger partial charge in [0.1, 0.15) is 0 Å². The second-order valence-corrected chi connectivity index (χ2v) is 5.33. The van der Waals surface area contributed by atoms with E-state index in [2.05, 4.69) is 4.98 Å². The first-order valence-electron chi connectivity index (χ1n) is 6.52. The zero-order valence-corrected chi connectivity index (χ0v) is 13.1. The van der Waals surface area contributed by atoms with Crippen molar-refractivity contribution in [1.29, 1.82) is 0 Å². The molecule has 22 heavy (non-hydrogen) atoms. The van der Waals surface area contributed by atoms with Crippen molar-refractivity contribution in [3.63, 3.8) is 0 Å². The monoisotopic (exact) mass is 320 g/mol. The molecule has 116 valence electrons. The topological polar surface area (TPSA) is 68.7 Å². The molecule has 0 saturated carbocycles. The zero-order chi connectivity index (χ0) is 15.9. The van der Waals surface area contributed by atoms with Gasteiger partial charge < -0.3 is 14.4 Å². The summed E-state index contributed by atoms with van der Waals surface area (Å²) in [5, 5.41) is 3.92. The summed E-state index contributed by atoms with van der Waals surface area (Å²) in [7, 11) is 3.16. The second-order valence-electron chi connectivity index (χ2n) is 4.55. The summed E-state index contributed by atoms with van der Waals surface area (Å²) < 4.78 is 9.90. The minimum Gasteiger partial charge on any atom is -0.481 e. The molecule has 6 nitrogen and oxygen atoms in total. The Morgan fingerprint density at radius 2 is 2.14 bits per heavy atom. The van der Waals surface area contributed by atoms with E-state index in [1.165, 1.54) is 24.3 Å². The van der Waals surface area contributed by atoms with Crippen molar-refractivity contribution in [1.82, 2.24) is 9.88 Å². The number of carbonyl (C=O) groups excluding carboxylic acids is 2. The highest BCUT2D eigenvalue weighted by Crippen LogP contribution is 2.10. The molecule has 2 aromatic heterocycles. The van der Waals surface area contributed by atoms with Gasteiger partial charge in [-0.3, -0.25) is 4.79 Å². The van der Waals surface area contributed by atoms with Gasteiger partial charge in [0.2, 0.25) is 5.88 Å². The van der Waals surface area contributed by atoms with Crippen LogP contribution in [0.1, 0.15) is 15.9 Å². The van der Waals surface area contributed by atoms with Crippen LogP contribution >= 0.6 is 11.3 Å². The van der Waals surface area contributed by atoms with Gasteiger partial charge in [0.05, 0.1) is 12.7 Å². The number of likely N-dealkylation sites (N-methyl/N-ethyl adjacent to an activating group) is 1. The number of hydrogen-bond acceptors (Lipinski definition) is 6. The van der Waals surface area contributed by atoms with Crippen molar-refractivity contribution in [3.8, 4) is 5.88 Å². The Morgan fingerprint density at radius 3 is 2.73 bits per heavy atom. The molecule has 0 radical (unpaired) electrons. The Kier molecular flexibility index (Phi) is 5.48. The summed E-state index contributed by atoms with van der Waals surface area (Å²) in [5.74, 6) is -0.448. The summed E-state index contributed by atoms with van der Waals surface area (Å²) in [6.45, 7) is 0.190. The predicted octanol–water partition coefficient (Wildman–Crippen LogP) is 1.97. The van der Waals surface area contributed by atoms with Gasteiger partial charge in [-0.2, -0.15) is 11.3 Å². The maximum atomic E-state index is 11.9. The Hall–Kier alpha value is -2.41. The first-order valence-corrected chi connectivity index (χ1v) is 7.46. The van der Waals surface area contributed by atoms with Crippen LogP contribution in [0.4, 0.5) is 0 Å². The van der Waals surface area contributed by atoms with Crippen LogP contribution in [0.15, 0.2) is 35.2 Å². The lowest BCUT2D eigenvalue weighted by Gasteiger charge is -2.16. The van der Waals surface area contributed by atoms with Crippen LogP contribution in [0.25, 0.3) is 0 Å². The summed E-state index contributed by atoms with van der Waals surface area (Å²) in [5.41, 5.74) is 1.32. The van der Waals surface area contributed by atoms with Crippen LogP contribution in [0.2, 0.25) is 0 Å². The highest BCUT2D eigenvalue weighted by molar-refractivity contribution is 7.07. The van der Waals surface area contributed by atoms with Crippen LogP contribution in [0.5, 0.6) is 5.88 Å². The number of aromatic nitrogens is 1. The molecule has 7 heteroatoms. The van der Waals surface area contributed by atoms with Crippen LogP contribution in [-0.2, 0) is 16.1 Å². The Morgan fingerprint density at radius 1 is 1.32 bits per heavy atom. The molecule has 0 aliphatic carbocycles. The van der Waals surface area contributed by atoms with Crippen LogP contribution < -0.4 is 4.74 Å². The minimum absolute atomic E-state index is 0.263. The fourth-order valence-corrected chi connectivity index (χ4v) is 2.35. The van der Waals surface area contributed by atoms with Crippen LogP contribution in [0, 0.1) is 0 Å². The Bertz CT molecular complexity index is 626. The Labute approximate surface area is 132 Å². The molecule has 0 aromatic carbocycles. The largest absolute Gasteiger partial charge is 0.481 e. The molecule has 2 rings (SSSR count). The van der Waals surface area contributed by atoms with Gasteiger partial charge >= 0.3 is 5.97 Å². The third-order valence-electron chi connectivity index (χ3n) is 2.93. The van der Waals surface area contributed by atoms with Gasteiger partial charge in [0, 0.05) is 25.9 Å². The first-order chi connectivity index (χ1) is 10.6. The van der Waals surface area contributed by atoms with Crippen molar-refractivity contribution >= 4 is 23.2 Å². The number of nitrogens with zero attached hydrogens (tertiary/aromatic N) is 2. The van der Waals surface area contributed by atoms with E-state index in [0.717, 1.165) is 5.56 Å². The first kappa shape index (κ1) is 16.0. The third kappa shape index (κ3) is 4.29. The van der Waals surface area contributed by atoms with Crippen LogP contribution in [0.3, 0.4) is 0 Å². The number of amides is 1. The molecule has 1 amide bonds. The molecule has 2 heterocycles. The zero-order valence-electron chi connectivity index (χ0n) is 12.3. The highest BCUT2D eigenvalue weighted by Gasteiger charge is 2.14. The van der Waals surface area contributed by atoms with E-state index in [-0.39, 0.29) is 18.1 Å². The van der Waals surface area contributed by atoms with E-state index in [1.54, 1.807) is 24.5 Å². The van der Waals surface area contributed by atoms with Crippen molar-refractivity contribution in [2.24, 2.45) is 0 Å². The average Bonchev–Trinajstić information content (AvgIpc) is 3.05. The van der Waals surface area contributed by atoms with E-state index in [4.69, 9.17) is 9.47 Å². The van der Waals surface area contributed by atoms with Gasteiger partial charge in [-0.05, 0) is 28.5 Å². The number of methoxy groups -OCH3 is 1. The molecule has 0 spiro atoms. The molecule has 0 N–H and O–H groups in total. The fraction of sp³-hybridized carbons (Fsp3) is 0.267. The highest BCUT2D eigenvalue weighted by atomic mass is 32.1. The van der Waals surface area contributed by atoms with E-state index in [1.807, 2.05) is 16.8 Å². The summed E-state index contributed by atoms with van der Waals surface area (Å²) in [4.78, 5) is 29.2. The number of rotatable bonds is 6. The lowest BCUT2D eigenvalue weighted by atomic mass is 10.3. The number of thiophene rings is 1. The number of ether oxygens (including phenoxy) is 2. The van der Waals surface area contributed by atoms with E-state index < -0.39 is 5.97 Å². The third-order valence-corrected chi connectivity index (χ3v) is 3.67. The maximum absolute atomic E-state index is 11.9. The summed E-state index contributed by atoms with van der Waals surface area (Å²) in [6, 6.07) is 5.04. The summed E-state index contributed by atoms with van der Waals surface area (Å²) in [6.07, 6.45) is 1.35. The van der Waals surface area contributed by atoms with Crippen molar-refractivity contribution < 1.29 is 19.1 Å². The lowest BCUT2D eigenvalue weighted by molar-refractivity contribution is -0.133. The van der Waals surface area contributed by atoms with Crippen molar-refractivity contribution in [2.45, 2.75) is 6.54 Å². The molecule has 0 aliphatic heterocycles. The van der Waals surface area contributed by atoms with Gasteiger partial charge in [0.25, 0.3) is 5.91 Å². The standard InChI is InChI=1S/C15H16N2O4S/c1-17(8-11-5-6-22-10-11)14(18)9-21-15(19)12-3-4-13(20-2)16-7-12/h3-7,10H,8-9H2,1-2H3. The molecule has 0 aliphatic rings. The molecule has 2 aromatic rings. The fourth-order valence-electron chi connectivity index (χ4n) is 1.69. The number of hydrogen-bond donors (Lipinski definition) is 0. The minimum atomic E-state index is -0.590. The molecule has 0 fully saturated rings. The van der Waals surface area contributed by atoms with Gasteiger partial charge in [0.15, 0.2) is 6.61 Å². The molecule has 0 atom stereocenters. The molecule has 0 bridgehead atoms. The smallest absolute Gasteiger partial charge is 0.340 e. The van der Waals surface area contributed by atoms with Gasteiger partial charge in [-0.1, -0.05) is 0 Å². The normalized spacial score (nSPS) is 10.1. The number of pyridine rings is 1. The van der Waals surface area contributed by atoms with Crippen molar-refractivity contribution in [3.05, 3.63) is 46.3 Å². The number of esters is 1. The maximum Gasteiger partial charge on any atom is 0.340 e. The van der Waals surface area contributed by atoms with Crippen molar-refractivity contribution in [2.75, 3.05) is 20.8 Å². The summed E-state index contributed by atoms with van der Waals surface area (Å²) >= 11 is 1.57. The SMILES string of the molecule is COc1ccc(C(=O)OCC(=O)N(C)Cc2ccsc2)cn1. The average molecular weight is 320 g/mol. The quantitative estimate of drug-likeness (QED) is 0.761. The van der Waals surface area contributed by atoms with E-state index >= 15 is 0 Å². The molecule has 0 unspecified atom stereocenters. The lowest BCUT2D eigenvalue weighted by Crippen LogP contribution is -2.30.